The fourth-order valence-electron chi connectivity index (χ4n) is 1.92. The minimum absolute atomic E-state index is 0.00893. The normalized spacial score (nSPS) is 10.7. The van der Waals surface area contributed by atoms with Crippen molar-refractivity contribution < 1.29 is 15.0 Å². The van der Waals surface area contributed by atoms with Gasteiger partial charge in [-0.3, -0.25) is 4.79 Å². The smallest absolute Gasteiger partial charge is 0.163 e. The molecule has 0 saturated heterocycles. The molecule has 0 aromatic heterocycles. The van der Waals surface area contributed by atoms with Crippen LogP contribution in [-0.2, 0) is 0 Å². The van der Waals surface area contributed by atoms with Crippen molar-refractivity contribution >= 4 is 11.5 Å². The molecule has 0 aliphatic carbocycles. The standard InChI is InChI=1S/C14H21NO3/c1-10(2)15(7-4-8-16)12-5-6-13(11(3)17)14(18)9-12/h5-6,9-10,16,18H,4,7-8H2,1-3H3. The van der Waals surface area contributed by atoms with Crippen LogP contribution in [0.1, 0.15) is 37.6 Å². The lowest BCUT2D eigenvalue weighted by Crippen LogP contribution is -2.32. The number of phenols is 1. The molecule has 0 aliphatic rings. The molecule has 4 nitrogen and oxygen atoms in total. The topological polar surface area (TPSA) is 60.8 Å². The molecule has 0 amide bonds. The van der Waals surface area contributed by atoms with Crippen molar-refractivity contribution in [1.82, 2.24) is 0 Å². The second-order valence-corrected chi connectivity index (χ2v) is 4.62. The van der Waals surface area contributed by atoms with E-state index in [4.69, 9.17) is 5.11 Å². The number of benzene rings is 1. The number of Topliss-reactive ketones (excluding diaryl/α,β-unsaturated/α-hetero) is 1. The Kier molecular flexibility index (Phi) is 5.16. The van der Waals surface area contributed by atoms with Crippen LogP contribution in [0.25, 0.3) is 0 Å². The predicted molar refractivity (Wildman–Crippen MR) is 72.3 cm³/mol. The Morgan fingerprint density at radius 2 is 2.06 bits per heavy atom. The molecule has 0 heterocycles. The van der Waals surface area contributed by atoms with Gasteiger partial charge in [0.15, 0.2) is 5.78 Å². The summed E-state index contributed by atoms with van der Waals surface area (Å²) in [6, 6.07) is 5.34. The first-order valence-electron chi connectivity index (χ1n) is 6.18. The van der Waals surface area contributed by atoms with Gasteiger partial charge in [-0.15, -0.1) is 0 Å². The van der Waals surface area contributed by atoms with E-state index in [1.54, 1.807) is 12.1 Å². The van der Waals surface area contributed by atoms with Crippen molar-refractivity contribution in [2.24, 2.45) is 0 Å². The van der Waals surface area contributed by atoms with Crippen LogP contribution < -0.4 is 4.90 Å². The van der Waals surface area contributed by atoms with Gasteiger partial charge in [-0.05, 0) is 39.3 Å². The van der Waals surface area contributed by atoms with E-state index in [0.29, 0.717) is 18.5 Å². The van der Waals surface area contributed by atoms with E-state index in [2.05, 4.69) is 4.90 Å². The second-order valence-electron chi connectivity index (χ2n) is 4.62. The van der Waals surface area contributed by atoms with Gasteiger partial charge in [-0.25, -0.2) is 0 Å². The second kappa shape index (κ2) is 6.40. The third-order valence-electron chi connectivity index (χ3n) is 2.87. The molecule has 100 valence electrons. The van der Waals surface area contributed by atoms with Gasteiger partial charge in [0, 0.05) is 30.9 Å². The molecule has 1 rings (SSSR count). The number of hydrogen-bond acceptors (Lipinski definition) is 4. The Balaban J connectivity index is 2.99. The molecule has 2 N–H and O–H groups in total. The van der Waals surface area contributed by atoms with Crippen LogP contribution in [0.2, 0.25) is 0 Å². The molecule has 0 spiro atoms. The highest BCUT2D eigenvalue weighted by molar-refractivity contribution is 5.97. The molecule has 18 heavy (non-hydrogen) atoms. The van der Waals surface area contributed by atoms with Gasteiger partial charge >= 0.3 is 0 Å². The number of nitrogens with zero attached hydrogens (tertiary/aromatic N) is 1. The van der Waals surface area contributed by atoms with Gasteiger partial charge in [0.05, 0.1) is 5.56 Å². The maximum atomic E-state index is 11.2. The van der Waals surface area contributed by atoms with Crippen LogP contribution in [0.4, 0.5) is 5.69 Å². The van der Waals surface area contributed by atoms with Crippen molar-refractivity contribution in [2.45, 2.75) is 33.2 Å². The molecule has 1 aromatic rings. The number of anilines is 1. The molecule has 4 heteroatoms. The number of carbonyl (C=O) groups excluding carboxylic acids is 1. The highest BCUT2D eigenvalue weighted by Crippen LogP contribution is 2.26. The van der Waals surface area contributed by atoms with E-state index >= 15 is 0 Å². The Morgan fingerprint density at radius 1 is 1.39 bits per heavy atom. The van der Waals surface area contributed by atoms with Crippen LogP contribution in [0.3, 0.4) is 0 Å². The number of aromatic hydroxyl groups is 1. The lowest BCUT2D eigenvalue weighted by molar-refractivity contribution is 0.101. The van der Waals surface area contributed by atoms with Gasteiger partial charge in [-0.1, -0.05) is 0 Å². The summed E-state index contributed by atoms with van der Waals surface area (Å²) in [7, 11) is 0. The number of rotatable bonds is 6. The summed E-state index contributed by atoms with van der Waals surface area (Å²) in [6.45, 7) is 6.38. The van der Waals surface area contributed by atoms with Crippen molar-refractivity contribution in [3.63, 3.8) is 0 Å². The minimum Gasteiger partial charge on any atom is -0.507 e. The lowest BCUT2D eigenvalue weighted by atomic mass is 10.1. The summed E-state index contributed by atoms with van der Waals surface area (Å²) < 4.78 is 0. The summed E-state index contributed by atoms with van der Waals surface area (Å²) in [5.74, 6) is -0.139. The Labute approximate surface area is 108 Å². The van der Waals surface area contributed by atoms with Crippen LogP contribution >= 0.6 is 0 Å². The first-order chi connectivity index (χ1) is 8.47. The van der Waals surface area contributed by atoms with E-state index in [9.17, 15) is 9.90 Å². The molecule has 0 saturated carbocycles. The first kappa shape index (κ1) is 14.5. The highest BCUT2D eigenvalue weighted by Gasteiger charge is 2.13. The fourth-order valence-corrected chi connectivity index (χ4v) is 1.92. The summed E-state index contributed by atoms with van der Waals surface area (Å²) in [5.41, 5.74) is 1.20. The Hall–Kier alpha value is -1.55. The number of carbonyl (C=O) groups is 1. The van der Waals surface area contributed by atoms with Gasteiger partial charge in [0.25, 0.3) is 0 Å². The van der Waals surface area contributed by atoms with E-state index in [1.165, 1.54) is 6.92 Å². The largest absolute Gasteiger partial charge is 0.507 e. The summed E-state index contributed by atoms with van der Waals surface area (Å²) in [4.78, 5) is 13.3. The molecule has 0 unspecified atom stereocenters. The summed E-state index contributed by atoms with van der Waals surface area (Å²) in [5, 5.41) is 18.7. The van der Waals surface area contributed by atoms with Gasteiger partial charge in [0.1, 0.15) is 5.75 Å². The summed E-state index contributed by atoms with van der Waals surface area (Å²) >= 11 is 0. The molecule has 0 aliphatic heterocycles. The highest BCUT2D eigenvalue weighted by atomic mass is 16.3. The fraction of sp³-hybridized carbons (Fsp3) is 0.500. The monoisotopic (exact) mass is 251 g/mol. The maximum absolute atomic E-state index is 11.2. The molecule has 0 radical (unpaired) electrons. The van der Waals surface area contributed by atoms with Crippen LogP contribution in [-0.4, -0.2) is 35.2 Å². The van der Waals surface area contributed by atoms with E-state index in [-0.39, 0.29) is 24.2 Å². The number of aliphatic hydroxyl groups excluding tert-OH is 1. The first-order valence-corrected chi connectivity index (χ1v) is 6.18. The third kappa shape index (κ3) is 3.47. The summed E-state index contributed by atoms with van der Waals surface area (Å²) in [6.07, 6.45) is 0.674. The number of phenolic OH excluding ortho intramolecular Hbond substituents is 1. The van der Waals surface area contributed by atoms with E-state index in [1.807, 2.05) is 19.9 Å². The van der Waals surface area contributed by atoms with Gasteiger partial charge in [-0.2, -0.15) is 0 Å². The van der Waals surface area contributed by atoms with E-state index in [0.717, 1.165) is 5.69 Å². The maximum Gasteiger partial charge on any atom is 0.163 e. The van der Waals surface area contributed by atoms with E-state index < -0.39 is 0 Å². The minimum atomic E-state index is -0.148. The zero-order valence-electron chi connectivity index (χ0n) is 11.2. The molecule has 0 atom stereocenters. The van der Waals surface area contributed by atoms with Gasteiger partial charge < -0.3 is 15.1 Å². The van der Waals surface area contributed by atoms with Crippen LogP contribution in [0.15, 0.2) is 18.2 Å². The van der Waals surface area contributed by atoms with Crippen molar-refractivity contribution in [2.75, 3.05) is 18.1 Å². The average Bonchev–Trinajstić information content (AvgIpc) is 2.28. The quantitative estimate of drug-likeness (QED) is 0.761. The zero-order chi connectivity index (χ0) is 13.7. The predicted octanol–water partition coefficient (Wildman–Crippen LogP) is 2.19. The Bertz CT molecular complexity index is 416. The molecule has 1 aromatic carbocycles. The van der Waals surface area contributed by atoms with Crippen molar-refractivity contribution in [3.8, 4) is 5.75 Å². The molecular weight excluding hydrogens is 230 g/mol. The lowest BCUT2D eigenvalue weighted by Gasteiger charge is -2.29. The van der Waals surface area contributed by atoms with Crippen molar-refractivity contribution in [3.05, 3.63) is 23.8 Å². The van der Waals surface area contributed by atoms with Crippen LogP contribution in [0.5, 0.6) is 5.75 Å². The van der Waals surface area contributed by atoms with Crippen LogP contribution in [0, 0.1) is 0 Å². The SMILES string of the molecule is CC(=O)c1ccc(N(CCCO)C(C)C)cc1O. The van der Waals surface area contributed by atoms with Crippen molar-refractivity contribution in [1.29, 1.82) is 0 Å². The van der Waals surface area contributed by atoms with Gasteiger partial charge in [0.2, 0.25) is 0 Å². The number of hydrogen-bond donors (Lipinski definition) is 2. The third-order valence-corrected chi connectivity index (χ3v) is 2.87. The number of ketones is 1. The Morgan fingerprint density at radius 3 is 2.50 bits per heavy atom. The molecule has 0 fully saturated rings. The zero-order valence-corrected chi connectivity index (χ0v) is 11.2. The number of aliphatic hydroxyl groups is 1. The molecular formula is C14H21NO3. The average molecular weight is 251 g/mol. The molecule has 0 bridgehead atoms.